The van der Waals surface area contributed by atoms with Gasteiger partial charge in [-0.15, -0.1) is 0 Å². The molecular weight excluding hydrogens is 262 g/mol. The van der Waals surface area contributed by atoms with Crippen molar-refractivity contribution in [1.29, 1.82) is 0 Å². The molecule has 2 N–H and O–H groups in total. The first-order valence-corrected chi connectivity index (χ1v) is 6.09. The van der Waals surface area contributed by atoms with E-state index in [9.17, 15) is 19.8 Å². The molecule has 1 atom stereocenters. The van der Waals surface area contributed by atoms with E-state index in [-0.39, 0.29) is 5.75 Å². The molecule has 1 aromatic carbocycles. The molecule has 1 rings (SSSR count). The van der Waals surface area contributed by atoms with Crippen LogP contribution in [0.4, 0.5) is 4.79 Å². The van der Waals surface area contributed by atoms with Gasteiger partial charge in [0.15, 0.2) is 6.04 Å². The Hall–Kier alpha value is -2.24. The molecule has 0 heterocycles. The fourth-order valence-corrected chi connectivity index (χ4v) is 1.63. The monoisotopic (exact) mass is 281 g/mol. The normalized spacial score (nSPS) is 12.6. The van der Waals surface area contributed by atoms with E-state index >= 15 is 0 Å². The Morgan fingerprint density at radius 1 is 1.20 bits per heavy atom. The fourth-order valence-electron chi connectivity index (χ4n) is 1.63. The second-order valence-corrected chi connectivity index (χ2v) is 5.42. The molecule has 0 radical (unpaired) electrons. The van der Waals surface area contributed by atoms with E-state index in [0.29, 0.717) is 5.56 Å². The van der Waals surface area contributed by atoms with Crippen LogP contribution in [0.3, 0.4) is 0 Å². The summed E-state index contributed by atoms with van der Waals surface area (Å²) in [7, 11) is 1.36. The summed E-state index contributed by atoms with van der Waals surface area (Å²) in [4.78, 5) is 24.3. The van der Waals surface area contributed by atoms with Crippen molar-refractivity contribution in [3.8, 4) is 5.75 Å². The summed E-state index contributed by atoms with van der Waals surface area (Å²) in [6.07, 6.45) is -0.724. The molecule has 0 aliphatic carbocycles. The maximum atomic E-state index is 11.9. The van der Waals surface area contributed by atoms with E-state index in [1.54, 1.807) is 20.8 Å². The largest absolute Gasteiger partial charge is 0.508 e. The molecule has 0 aromatic heterocycles. The van der Waals surface area contributed by atoms with E-state index in [1.165, 1.54) is 31.3 Å². The van der Waals surface area contributed by atoms with Gasteiger partial charge in [-0.25, -0.2) is 9.59 Å². The van der Waals surface area contributed by atoms with Crippen molar-refractivity contribution in [2.24, 2.45) is 0 Å². The Morgan fingerprint density at radius 3 is 2.10 bits per heavy atom. The van der Waals surface area contributed by atoms with Gasteiger partial charge in [0.1, 0.15) is 11.4 Å². The standard InChI is InChI=1S/C14H19NO5/c1-14(2,3)20-13(19)15(4)11(12(17)18)9-5-7-10(16)8-6-9/h5-8,11,16H,1-4H3,(H,17,18)/t11-/m0/s1. The number of aliphatic carboxylic acids is 1. The van der Waals surface area contributed by atoms with E-state index in [0.717, 1.165) is 4.90 Å². The maximum Gasteiger partial charge on any atom is 0.411 e. The number of carbonyl (C=O) groups is 2. The molecule has 6 heteroatoms. The summed E-state index contributed by atoms with van der Waals surface area (Å²) in [6, 6.07) is 4.47. The molecule has 0 bridgehead atoms. The van der Waals surface area contributed by atoms with Gasteiger partial charge in [0.05, 0.1) is 0 Å². The van der Waals surface area contributed by atoms with Crippen LogP contribution in [0.2, 0.25) is 0 Å². The van der Waals surface area contributed by atoms with Crippen LogP contribution in [-0.2, 0) is 9.53 Å². The SMILES string of the molecule is CN(C(=O)OC(C)(C)C)[C@H](C(=O)O)c1ccc(O)cc1. The second kappa shape index (κ2) is 5.81. The van der Waals surface area contributed by atoms with Crippen molar-refractivity contribution in [3.63, 3.8) is 0 Å². The minimum Gasteiger partial charge on any atom is -0.508 e. The number of phenols is 1. The predicted molar refractivity (Wildman–Crippen MR) is 72.5 cm³/mol. The minimum absolute atomic E-state index is 0.0257. The van der Waals surface area contributed by atoms with Gasteiger partial charge in [0.25, 0.3) is 0 Å². The number of benzene rings is 1. The van der Waals surface area contributed by atoms with Crippen LogP contribution in [-0.4, -0.2) is 39.8 Å². The lowest BCUT2D eigenvalue weighted by Crippen LogP contribution is -2.39. The van der Waals surface area contributed by atoms with Crippen LogP contribution in [0.15, 0.2) is 24.3 Å². The Balaban J connectivity index is 2.99. The lowest BCUT2D eigenvalue weighted by Gasteiger charge is -2.28. The molecule has 110 valence electrons. The smallest absolute Gasteiger partial charge is 0.411 e. The number of hydrogen-bond acceptors (Lipinski definition) is 4. The summed E-state index contributed by atoms with van der Waals surface area (Å²) >= 11 is 0. The van der Waals surface area contributed by atoms with E-state index in [4.69, 9.17) is 4.74 Å². The van der Waals surface area contributed by atoms with Gasteiger partial charge in [0, 0.05) is 7.05 Å². The average Bonchev–Trinajstić information content (AvgIpc) is 2.29. The van der Waals surface area contributed by atoms with Gasteiger partial charge in [-0.1, -0.05) is 12.1 Å². The average molecular weight is 281 g/mol. The summed E-state index contributed by atoms with van der Waals surface area (Å²) in [5.74, 6) is -1.15. The zero-order valence-electron chi connectivity index (χ0n) is 12.0. The maximum absolute atomic E-state index is 11.9. The molecule has 0 saturated heterocycles. The molecule has 0 fully saturated rings. The summed E-state index contributed by atoms with van der Waals surface area (Å²) < 4.78 is 5.15. The molecular formula is C14H19NO5. The topological polar surface area (TPSA) is 87.1 Å². The first kappa shape index (κ1) is 15.8. The first-order chi connectivity index (χ1) is 9.11. The molecule has 0 saturated carbocycles. The van der Waals surface area contributed by atoms with Crippen molar-refractivity contribution in [2.75, 3.05) is 7.05 Å². The Morgan fingerprint density at radius 2 is 1.70 bits per heavy atom. The number of rotatable bonds is 3. The molecule has 0 aliphatic rings. The number of nitrogens with zero attached hydrogens (tertiary/aromatic N) is 1. The first-order valence-electron chi connectivity index (χ1n) is 6.09. The molecule has 1 amide bonds. The summed E-state index contributed by atoms with van der Waals surface area (Å²) in [5, 5.41) is 18.5. The molecule has 0 aliphatic heterocycles. The van der Waals surface area contributed by atoms with Crippen LogP contribution in [0.5, 0.6) is 5.75 Å². The van der Waals surface area contributed by atoms with Crippen molar-refractivity contribution in [2.45, 2.75) is 32.4 Å². The molecule has 1 aromatic rings. The molecule has 6 nitrogen and oxygen atoms in total. The number of carboxylic acid groups (broad SMARTS) is 1. The highest BCUT2D eigenvalue weighted by molar-refractivity contribution is 5.81. The number of carboxylic acids is 1. The lowest BCUT2D eigenvalue weighted by molar-refractivity contribution is -0.142. The predicted octanol–water partition coefficient (Wildman–Crippen LogP) is 2.38. The van der Waals surface area contributed by atoms with Gasteiger partial charge in [0.2, 0.25) is 0 Å². The zero-order valence-corrected chi connectivity index (χ0v) is 12.0. The van der Waals surface area contributed by atoms with Crippen molar-refractivity contribution in [3.05, 3.63) is 29.8 Å². The van der Waals surface area contributed by atoms with E-state index in [1.807, 2.05) is 0 Å². The quantitative estimate of drug-likeness (QED) is 0.888. The van der Waals surface area contributed by atoms with Crippen LogP contribution < -0.4 is 0 Å². The van der Waals surface area contributed by atoms with Gasteiger partial charge in [-0.2, -0.15) is 0 Å². The third-order valence-electron chi connectivity index (χ3n) is 2.51. The summed E-state index contributed by atoms with van der Waals surface area (Å²) in [6.45, 7) is 5.11. The molecule has 0 unspecified atom stereocenters. The number of phenolic OH excluding ortho intramolecular Hbond substituents is 1. The number of amides is 1. The number of aromatic hydroxyl groups is 1. The van der Waals surface area contributed by atoms with E-state index < -0.39 is 23.7 Å². The highest BCUT2D eigenvalue weighted by Crippen LogP contribution is 2.23. The van der Waals surface area contributed by atoms with Crippen molar-refractivity contribution in [1.82, 2.24) is 4.90 Å². The Bertz CT molecular complexity index is 489. The number of likely N-dealkylation sites (N-methyl/N-ethyl adjacent to an activating group) is 1. The third kappa shape index (κ3) is 4.15. The van der Waals surface area contributed by atoms with E-state index in [2.05, 4.69) is 0 Å². The Kier molecular flexibility index (Phi) is 4.60. The second-order valence-electron chi connectivity index (χ2n) is 5.42. The zero-order chi connectivity index (χ0) is 15.5. The Labute approximate surface area is 117 Å². The molecule has 0 spiro atoms. The number of hydrogen-bond donors (Lipinski definition) is 2. The van der Waals surface area contributed by atoms with Crippen molar-refractivity contribution >= 4 is 12.1 Å². The number of carbonyl (C=O) groups excluding carboxylic acids is 1. The van der Waals surface area contributed by atoms with Gasteiger partial charge >= 0.3 is 12.1 Å². The van der Waals surface area contributed by atoms with Crippen LogP contribution in [0.25, 0.3) is 0 Å². The molecule has 20 heavy (non-hydrogen) atoms. The van der Waals surface area contributed by atoms with Crippen LogP contribution in [0.1, 0.15) is 32.4 Å². The van der Waals surface area contributed by atoms with Gasteiger partial charge in [-0.05, 0) is 38.5 Å². The van der Waals surface area contributed by atoms with Crippen molar-refractivity contribution < 1.29 is 24.5 Å². The lowest BCUT2D eigenvalue weighted by atomic mass is 10.1. The highest BCUT2D eigenvalue weighted by atomic mass is 16.6. The van der Waals surface area contributed by atoms with Crippen LogP contribution in [0, 0.1) is 0 Å². The van der Waals surface area contributed by atoms with Gasteiger partial charge in [-0.3, -0.25) is 4.90 Å². The highest BCUT2D eigenvalue weighted by Gasteiger charge is 2.31. The summed E-state index contributed by atoms with van der Waals surface area (Å²) in [5.41, 5.74) is -0.327. The fraction of sp³-hybridized carbons (Fsp3) is 0.429. The van der Waals surface area contributed by atoms with Gasteiger partial charge < -0.3 is 14.9 Å². The third-order valence-corrected chi connectivity index (χ3v) is 2.51. The number of ether oxygens (including phenoxy) is 1. The minimum atomic E-state index is -1.18. The van der Waals surface area contributed by atoms with Crippen LogP contribution >= 0.6 is 0 Å².